The molecule has 1 amide bonds. The van der Waals surface area contributed by atoms with Gasteiger partial charge >= 0.3 is 0 Å². The van der Waals surface area contributed by atoms with Gasteiger partial charge in [-0.25, -0.2) is 0 Å². The van der Waals surface area contributed by atoms with Crippen molar-refractivity contribution in [1.82, 2.24) is 24.9 Å². The zero-order chi connectivity index (χ0) is 25.2. The van der Waals surface area contributed by atoms with Crippen LogP contribution in [0, 0.1) is 5.92 Å². The van der Waals surface area contributed by atoms with E-state index in [0.717, 1.165) is 74.1 Å². The van der Waals surface area contributed by atoms with E-state index in [9.17, 15) is 4.79 Å². The van der Waals surface area contributed by atoms with Gasteiger partial charge in [0.1, 0.15) is 0 Å². The molecule has 0 radical (unpaired) electrons. The average Bonchev–Trinajstić information content (AvgIpc) is 3.64. The first kappa shape index (κ1) is 24.6. The molecule has 1 fully saturated rings. The summed E-state index contributed by atoms with van der Waals surface area (Å²) in [4.78, 5) is 16.2. The second-order valence-electron chi connectivity index (χ2n) is 10.4. The summed E-state index contributed by atoms with van der Waals surface area (Å²) in [5, 5.41) is 12.3. The van der Waals surface area contributed by atoms with Gasteiger partial charge in [0.05, 0.1) is 12.7 Å². The van der Waals surface area contributed by atoms with E-state index in [1.807, 2.05) is 22.8 Å². The Bertz CT molecular complexity index is 1210. The summed E-state index contributed by atoms with van der Waals surface area (Å²) in [6.45, 7) is 10.4. The number of rotatable bonds is 3. The van der Waals surface area contributed by atoms with Crippen molar-refractivity contribution in [2.24, 2.45) is 13.0 Å². The number of H-pyrrole nitrogens is 1. The van der Waals surface area contributed by atoms with E-state index in [4.69, 9.17) is 9.84 Å². The third kappa shape index (κ3) is 4.91. The van der Waals surface area contributed by atoms with Crippen LogP contribution in [-0.4, -0.2) is 57.1 Å². The third-order valence-electron chi connectivity index (χ3n) is 7.76. The first-order chi connectivity index (χ1) is 17.4. The van der Waals surface area contributed by atoms with Gasteiger partial charge in [0.25, 0.3) is 0 Å². The fraction of sp³-hybridized carbons (Fsp3) is 0.536. The topological polar surface area (TPSA) is 79.3 Å². The minimum Gasteiger partial charge on any atom is -0.381 e. The molecule has 1 unspecified atom stereocenters. The van der Waals surface area contributed by atoms with Crippen LogP contribution in [0.5, 0.6) is 0 Å². The van der Waals surface area contributed by atoms with Crippen molar-refractivity contribution in [2.75, 3.05) is 31.2 Å². The monoisotopic (exact) mass is 490 g/mol. The van der Waals surface area contributed by atoms with Crippen LogP contribution in [-0.2, 0) is 29.5 Å². The molecule has 1 N–H and O–H groups in total. The summed E-state index contributed by atoms with van der Waals surface area (Å²) < 4.78 is 6.90. The Labute approximate surface area is 213 Å². The van der Waals surface area contributed by atoms with Crippen molar-refractivity contribution in [2.45, 2.75) is 58.9 Å². The van der Waals surface area contributed by atoms with E-state index in [1.54, 1.807) is 6.92 Å². The zero-order valence-corrected chi connectivity index (χ0v) is 22.0. The van der Waals surface area contributed by atoms with Crippen LogP contribution in [0.1, 0.15) is 62.8 Å². The molecule has 2 atom stereocenters. The van der Waals surface area contributed by atoms with Gasteiger partial charge in [0.15, 0.2) is 5.82 Å². The van der Waals surface area contributed by atoms with E-state index in [0.29, 0.717) is 12.5 Å². The maximum atomic E-state index is 11.9. The Hall–Kier alpha value is -3.13. The largest absolute Gasteiger partial charge is 0.381 e. The average molecular weight is 491 g/mol. The standard InChI is InChI=1S/C23H28N6O.C5H10O/c1-4-16-7-10-29(23-20-14-28(15(2)30)9-8-21(20)25-26-23)22-6-5-17(11-19(16)22)18-12-24-27(3)13-18;1-5-2-3-6-4-5/h5-6,11-13,16H,4,7-10,14H2,1-3H3,(H,25,26);5H,2-4H2,1H3/t;5-/m.0/s1. The number of nitrogens with zero attached hydrogens (tertiary/aromatic N) is 5. The quantitative estimate of drug-likeness (QED) is 0.571. The molecule has 8 nitrogen and oxygen atoms in total. The van der Waals surface area contributed by atoms with Crippen LogP contribution in [0.25, 0.3) is 11.1 Å². The molecule has 3 aliphatic heterocycles. The molecule has 192 valence electrons. The molecule has 36 heavy (non-hydrogen) atoms. The minimum atomic E-state index is 0.124. The lowest BCUT2D eigenvalue weighted by atomic mass is 9.86. The molecule has 6 rings (SSSR count). The number of nitrogens with one attached hydrogen (secondary N) is 1. The second kappa shape index (κ2) is 10.5. The number of hydrogen-bond donors (Lipinski definition) is 1. The Kier molecular flexibility index (Phi) is 7.14. The van der Waals surface area contributed by atoms with Crippen molar-refractivity contribution in [3.8, 4) is 11.1 Å². The number of ether oxygens (including phenoxy) is 1. The number of hydrogen-bond acceptors (Lipinski definition) is 5. The van der Waals surface area contributed by atoms with Crippen LogP contribution in [0.2, 0.25) is 0 Å². The van der Waals surface area contributed by atoms with Crippen molar-refractivity contribution in [3.05, 3.63) is 47.4 Å². The Morgan fingerprint density at radius 3 is 2.72 bits per heavy atom. The second-order valence-corrected chi connectivity index (χ2v) is 10.4. The number of carbonyl (C=O) groups excluding carboxylic acids is 1. The molecule has 5 heterocycles. The van der Waals surface area contributed by atoms with E-state index in [-0.39, 0.29) is 5.91 Å². The number of fused-ring (bicyclic) bond motifs is 2. The summed E-state index contributed by atoms with van der Waals surface area (Å²) in [6, 6.07) is 6.74. The lowest BCUT2D eigenvalue weighted by Crippen LogP contribution is -2.35. The maximum absolute atomic E-state index is 11.9. The van der Waals surface area contributed by atoms with Gasteiger partial charge in [-0.05, 0) is 54.4 Å². The molecular weight excluding hydrogens is 452 g/mol. The van der Waals surface area contributed by atoms with E-state index >= 15 is 0 Å². The highest BCUT2D eigenvalue weighted by atomic mass is 16.5. The number of aryl methyl sites for hydroxylation is 1. The van der Waals surface area contributed by atoms with Crippen LogP contribution in [0.3, 0.4) is 0 Å². The van der Waals surface area contributed by atoms with Crippen LogP contribution in [0.15, 0.2) is 30.6 Å². The normalized spacial score (nSPS) is 21.0. The van der Waals surface area contributed by atoms with Gasteiger partial charge in [-0.1, -0.05) is 19.9 Å². The Morgan fingerprint density at radius 2 is 2.08 bits per heavy atom. The van der Waals surface area contributed by atoms with Crippen LogP contribution in [0.4, 0.5) is 11.5 Å². The third-order valence-corrected chi connectivity index (χ3v) is 7.76. The Morgan fingerprint density at radius 1 is 1.22 bits per heavy atom. The SMILES string of the molecule is CCC1CCN(c2n[nH]c3c2CN(C(C)=O)CC3)c2ccc(-c3cnn(C)c3)cc21.C[C@H]1CCOC1. The molecule has 0 saturated carbocycles. The van der Waals surface area contributed by atoms with Crippen LogP contribution < -0.4 is 4.90 Å². The van der Waals surface area contributed by atoms with Gasteiger partial charge < -0.3 is 14.5 Å². The van der Waals surface area contributed by atoms with Crippen molar-refractivity contribution < 1.29 is 9.53 Å². The number of amides is 1. The summed E-state index contributed by atoms with van der Waals surface area (Å²) in [7, 11) is 1.95. The smallest absolute Gasteiger partial charge is 0.219 e. The molecule has 3 aliphatic rings. The predicted molar refractivity (Wildman–Crippen MR) is 141 cm³/mol. The molecule has 1 saturated heterocycles. The molecule has 0 aliphatic carbocycles. The van der Waals surface area contributed by atoms with Gasteiger partial charge in [0.2, 0.25) is 5.91 Å². The Balaban J connectivity index is 0.000000391. The molecule has 2 aromatic heterocycles. The number of benzene rings is 1. The lowest BCUT2D eigenvalue weighted by Gasteiger charge is -2.36. The highest BCUT2D eigenvalue weighted by molar-refractivity contribution is 5.76. The number of anilines is 2. The zero-order valence-electron chi connectivity index (χ0n) is 22.0. The van der Waals surface area contributed by atoms with E-state index < -0.39 is 0 Å². The van der Waals surface area contributed by atoms with E-state index in [1.165, 1.54) is 23.2 Å². The van der Waals surface area contributed by atoms with Crippen molar-refractivity contribution >= 4 is 17.4 Å². The summed E-state index contributed by atoms with van der Waals surface area (Å²) in [5.74, 6) is 2.46. The highest BCUT2D eigenvalue weighted by Crippen LogP contribution is 2.43. The maximum Gasteiger partial charge on any atom is 0.219 e. The van der Waals surface area contributed by atoms with Crippen molar-refractivity contribution in [3.63, 3.8) is 0 Å². The van der Waals surface area contributed by atoms with Gasteiger partial charge in [-0.2, -0.15) is 10.2 Å². The molecule has 1 aromatic carbocycles. The molecule has 3 aromatic rings. The van der Waals surface area contributed by atoms with Crippen LogP contribution >= 0.6 is 0 Å². The molecule has 0 bridgehead atoms. The summed E-state index contributed by atoms with van der Waals surface area (Å²) in [5.41, 5.74) is 7.27. The first-order valence-corrected chi connectivity index (χ1v) is 13.2. The molecule has 0 spiro atoms. The predicted octanol–water partition coefficient (Wildman–Crippen LogP) is 4.79. The number of aromatic amines is 1. The summed E-state index contributed by atoms with van der Waals surface area (Å²) in [6.07, 6.45) is 8.29. The van der Waals surface area contributed by atoms with Gasteiger partial charge in [-0.15, -0.1) is 0 Å². The lowest BCUT2D eigenvalue weighted by molar-refractivity contribution is -0.129. The highest BCUT2D eigenvalue weighted by Gasteiger charge is 2.31. The number of aromatic nitrogens is 4. The van der Waals surface area contributed by atoms with Gasteiger partial charge in [-0.3, -0.25) is 14.6 Å². The molecule has 8 heteroatoms. The number of carbonyl (C=O) groups is 1. The summed E-state index contributed by atoms with van der Waals surface area (Å²) >= 11 is 0. The molecular formula is C28H38N6O2. The van der Waals surface area contributed by atoms with Crippen molar-refractivity contribution in [1.29, 1.82) is 0 Å². The fourth-order valence-corrected chi connectivity index (χ4v) is 5.51. The van der Waals surface area contributed by atoms with Gasteiger partial charge in [0, 0.05) is 75.4 Å². The fourth-order valence-electron chi connectivity index (χ4n) is 5.51. The minimum absolute atomic E-state index is 0.124. The van der Waals surface area contributed by atoms with E-state index in [2.05, 4.69) is 53.3 Å². The first-order valence-electron chi connectivity index (χ1n) is 13.2.